The van der Waals surface area contributed by atoms with Crippen molar-refractivity contribution < 1.29 is 14.7 Å². The van der Waals surface area contributed by atoms with E-state index in [-0.39, 0.29) is 18.4 Å². The Kier molecular flexibility index (Phi) is 4.27. The summed E-state index contributed by atoms with van der Waals surface area (Å²) in [5.74, 6) is -1.15. The van der Waals surface area contributed by atoms with Gasteiger partial charge in [-0.05, 0) is 18.4 Å². The summed E-state index contributed by atoms with van der Waals surface area (Å²) in [6, 6.07) is 9.90. The first kappa shape index (κ1) is 13.7. The number of nitrogens with zero attached hydrogens (tertiary/aromatic N) is 1. The number of benzene rings is 1. The van der Waals surface area contributed by atoms with E-state index in [1.807, 2.05) is 30.3 Å². The van der Waals surface area contributed by atoms with Crippen molar-refractivity contribution in [3.63, 3.8) is 0 Å². The number of carboxylic acid groups (broad SMARTS) is 1. The van der Waals surface area contributed by atoms with Crippen LogP contribution in [0, 0.1) is 5.92 Å². The Morgan fingerprint density at radius 2 is 2.05 bits per heavy atom. The highest BCUT2D eigenvalue weighted by molar-refractivity contribution is 7.80. The molecule has 1 atom stereocenters. The van der Waals surface area contributed by atoms with E-state index in [2.05, 4.69) is 0 Å². The summed E-state index contributed by atoms with van der Waals surface area (Å²) in [5.41, 5.74) is 1.15. The fourth-order valence-electron chi connectivity index (χ4n) is 2.29. The first-order valence-electron chi connectivity index (χ1n) is 6.18. The second kappa shape index (κ2) is 5.93. The monoisotopic (exact) mass is 277 g/mol. The molecule has 1 aliphatic rings. The van der Waals surface area contributed by atoms with Gasteiger partial charge < -0.3 is 5.11 Å². The zero-order valence-corrected chi connectivity index (χ0v) is 11.2. The third-order valence-electron chi connectivity index (χ3n) is 3.24. The van der Waals surface area contributed by atoms with E-state index in [0.29, 0.717) is 17.8 Å². The number of carbonyl (C=O) groups excluding carboxylic acids is 1. The van der Waals surface area contributed by atoms with Crippen molar-refractivity contribution >= 4 is 29.1 Å². The molecule has 100 valence electrons. The van der Waals surface area contributed by atoms with Crippen molar-refractivity contribution in [2.75, 3.05) is 6.54 Å². The average Bonchev–Trinajstić information content (AvgIpc) is 2.39. The number of hydrogen-bond donors (Lipinski definition) is 1. The molecular weight excluding hydrogens is 262 g/mol. The van der Waals surface area contributed by atoms with Gasteiger partial charge in [-0.15, -0.1) is 0 Å². The molecule has 1 amide bonds. The summed E-state index contributed by atoms with van der Waals surface area (Å²) in [4.78, 5) is 24.2. The van der Waals surface area contributed by atoms with Crippen LogP contribution >= 0.6 is 12.2 Å². The Morgan fingerprint density at radius 3 is 2.68 bits per heavy atom. The zero-order valence-electron chi connectivity index (χ0n) is 10.4. The van der Waals surface area contributed by atoms with Gasteiger partial charge in [0.05, 0.1) is 4.99 Å². The highest BCUT2D eigenvalue weighted by Crippen LogP contribution is 2.24. The largest absolute Gasteiger partial charge is 0.480 e. The van der Waals surface area contributed by atoms with Crippen molar-refractivity contribution in [1.29, 1.82) is 0 Å². The molecular formula is C14H15NO3S. The van der Waals surface area contributed by atoms with Gasteiger partial charge in [-0.1, -0.05) is 42.5 Å². The van der Waals surface area contributed by atoms with E-state index in [1.165, 1.54) is 4.90 Å². The predicted molar refractivity (Wildman–Crippen MR) is 74.8 cm³/mol. The van der Waals surface area contributed by atoms with Crippen LogP contribution in [-0.4, -0.2) is 33.4 Å². The third-order valence-corrected chi connectivity index (χ3v) is 3.80. The highest BCUT2D eigenvalue weighted by Gasteiger charge is 2.32. The second-order valence-electron chi connectivity index (χ2n) is 4.64. The maximum atomic E-state index is 11.7. The van der Waals surface area contributed by atoms with E-state index < -0.39 is 5.97 Å². The molecule has 1 aromatic rings. The molecule has 0 aliphatic carbocycles. The number of aliphatic carboxylic acids is 1. The molecule has 4 nitrogen and oxygen atoms in total. The molecule has 1 saturated heterocycles. The molecule has 0 spiro atoms. The number of piperidine rings is 1. The summed E-state index contributed by atoms with van der Waals surface area (Å²) >= 11 is 5.28. The minimum atomic E-state index is -1.03. The Bertz CT molecular complexity index is 501. The van der Waals surface area contributed by atoms with Crippen LogP contribution in [0.2, 0.25) is 0 Å². The van der Waals surface area contributed by atoms with E-state index in [4.69, 9.17) is 17.3 Å². The second-order valence-corrected chi connectivity index (χ2v) is 5.06. The molecule has 1 aromatic carbocycles. The van der Waals surface area contributed by atoms with Crippen molar-refractivity contribution in [1.82, 2.24) is 4.90 Å². The van der Waals surface area contributed by atoms with Gasteiger partial charge in [-0.3, -0.25) is 14.5 Å². The van der Waals surface area contributed by atoms with Gasteiger partial charge in [0, 0.05) is 12.3 Å². The Hall–Kier alpha value is -1.75. The lowest BCUT2D eigenvalue weighted by Crippen LogP contribution is -2.46. The van der Waals surface area contributed by atoms with Crippen molar-refractivity contribution in [2.45, 2.75) is 19.3 Å². The predicted octanol–water partition coefficient (Wildman–Crippen LogP) is 1.88. The normalized spacial score (nSPS) is 19.6. The lowest BCUT2D eigenvalue weighted by atomic mass is 9.91. The van der Waals surface area contributed by atoms with Gasteiger partial charge in [0.1, 0.15) is 6.54 Å². The van der Waals surface area contributed by atoms with Crippen LogP contribution < -0.4 is 0 Å². The molecule has 5 heteroatoms. The zero-order chi connectivity index (χ0) is 13.8. The van der Waals surface area contributed by atoms with Crippen molar-refractivity contribution in [3.05, 3.63) is 35.9 Å². The Labute approximate surface area is 117 Å². The first-order valence-corrected chi connectivity index (χ1v) is 6.58. The molecule has 1 heterocycles. The standard InChI is InChI=1S/C14H15NO3S/c16-12-7-6-11(8-10-4-2-1-3-5-10)14(19)15(12)9-13(17)18/h1-5,11H,6-9H2,(H,17,18). The van der Waals surface area contributed by atoms with Crippen LogP contribution in [-0.2, 0) is 16.0 Å². The molecule has 0 radical (unpaired) electrons. The Balaban J connectivity index is 2.08. The van der Waals surface area contributed by atoms with Gasteiger partial charge in [0.2, 0.25) is 5.91 Å². The van der Waals surface area contributed by atoms with E-state index >= 15 is 0 Å². The number of hydrogen-bond acceptors (Lipinski definition) is 3. The van der Waals surface area contributed by atoms with Crippen LogP contribution in [0.25, 0.3) is 0 Å². The number of likely N-dealkylation sites (tertiary alicyclic amines) is 1. The average molecular weight is 277 g/mol. The SMILES string of the molecule is O=C(O)CN1C(=O)CCC(Cc2ccccc2)C1=S. The van der Waals surface area contributed by atoms with Gasteiger partial charge in [-0.25, -0.2) is 0 Å². The van der Waals surface area contributed by atoms with Gasteiger partial charge in [0.25, 0.3) is 0 Å². The summed E-state index contributed by atoms with van der Waals surface area (Å²) in [7, 11) is 0. The smallest absolute Gasteiger partial charge is 0.323 e. The Morgan fingerprint density at radius 1 is 1.37 bits per heavy atom. The minimum Gasteiger partial charge on any atom is -0.480 e. The van der Waals surface area contributed by atoms with Crippen LogP contribution in [0.3, 0.4) is 0 Å². The van der Waals surface area contributed by atoms with Crippen LogP contribution in [0.1, 0.15) is 18.4 Å². The number of amides is 1. The number of rotatable bonds is 4. The maximum Gasteiger partial charge on any atom is 0.323 e. The van der Waals surface area contributed by atoms with Gasteiger partial charge in [-0.2, -0.15) is 0 Å². The molecule has 0 saturated carbocycles. The van der Waals surface area contributed by atoms with Crippen molar-refractivity contribution in [2.24, 2.45) is 5.92 Å². The maximum absolute atomic E-state index is 11.7. The highest BCUT2D eigenvalue weighted by atomic mass is 32.1. The summed E-state index contributed by atoms with van der Waals surface area (Å²) in [5, 5.41) is 8.82. The summed E-state index contributed by atoms with van der Waals surface area (Å²) < 4.78 is 0. The van der Waals surface area contributed by atoms with Crippen LogP contribution in [0.5, 0.6) is 0 Å². The van der Waals surface area contributed by atoms with Crippen LogP contribution in [0.4, 0.5) is 0 Å². The fraction of sp³-hybridized carbons (Fsp3) is 0.357. The van der Waals surface area contributed by atoms with Crippen molar-refractivity contribution in [3.8, 4) is 0 Å². The van der Waals surface area contributed by atoms with Gasteiger partial charge in [0.15, 0.2) is 0 Å². The minimum absolute atomic E-state index is 0.0643. The number of carbonyl (C=O) groups is 2. The van der Waals surface area contributed by atoms with Crippen LogP contribution in [0.15, 0.2) is 30.3 Å². The number of carboxylic acids is 1. The number of thiocarbonyl (C=S) groups is 1. The lowest BCUT2D eigenvalue weighted by molar-refractivity contribution is -0.142. The molecule has 1 fully saturated rings. The summed E-state index contributed by atoms with van der Waals surface area (Å²) in [6.45, 7) is -0.330. The molecule has 1 unspecified atom stereocenters. The molecule has 19 heavy (non-hydrogen) atoms. The van der Waals surface area contributed by atoms with Gasteiger partial charge >= 0.3 is 5.97 Å². The van der Waals surface area contributed by atoms with E-state index in [9.17, 15) is 9.59 Å². The quantitative estimate of drug-likeness (QED) is 0.854. The molecule has 1 N–H and O–H groups in total. The lowest BCUT2D eigenvalue weighted by Gasteiger charge is -2.32. The first-order chi connectivity index (χ1) is 9.08. The molecule has 0 bridgehead atoms. The molecule has 0 aromatic heterocycles. The molecule has 1 aliphatic heterocycles. The molecule has 2 rings (SSSR count). The summed E-state index contributed by atoms with van der Waals surface area (Å²) in [6.07, 6.45) is 1.82. The van der Waals surface area contributed by atoms with E-state index in [1.54, 1.807) is 0 Å². The fourth-order valence-corrected chi connectivity index (χ4v) is 2.66. The third kappa shape index (κ3) is 3.38. The van der Waals surface area contributed by atoms with E-state index in [0.717, 1.165) is 12.0 Å². The topological polar surface area (TPSA) is 57.6 Å².